The SMILES string of the molecule is O=C(Nc1ccc2[nH]ncc2c1)C1Cc2ccccc2CN1. The lowest BCUT2D eigenvalue weighted by Crippen LogP contribution is -2.44. The number of carbonyl (C=O) groups is 1. The van der Waals surface area contributed by atoms with E-state index >= 15 is 0 Å². The van der Waals surface area contributed by atoms with Gasteiger partial charge >= 0.3 is 0 Å². The Morgan fingerprint density at radius 1 is 1.18 bits per heavy atom. The molecule has 2 aromatic carbocycles. The molecule has 1 aliphatic rings. The number of aromatic nitrogens is 2. The van der Waals surface area contributed by atoms with Gasteiger partial charge in [0.1, 0.15) is 0 Å². The van der Waals surface area contributed by atoms with E-state index in [-0.39, 0.29) is 11.9 Å². The summed E-state index contributed by atoms with van der Waals surface area (Å²) >= 11 is 0. The fourth-order valence-corrected chi connectivity index (χ4v) is 2.89. The van der Waals surface area contributed by atoms with Crippen LogP contribution in [0.15, 0.2) is 48.7 Å². The number of amides is 1. The van der Waals surface area contributed by atoms with Crippen LogP contribution >= 0.6 is 0 Å². The Morgan fingerprint density at radius 2 is 2.05 bits per heavy atom. The molecule has 1 amide bonds. The summed E-state index contributed by atoms with van der Waals surface area (Å²) in [7, 11) is 0. The summed E-state index contributed by atoms with van der Waals surface area (Å²) in [4.78, 5) is 12.5. The Bertz CT molecular complexity index is 839. The fraction of sp³-hybridized carbons (Fsp3) is 0.176. The second-order valence-electron chi connectivity index (χ2n) is 5.57. The first-order valence-corrected chi connectivity index (χ1v) is 7.34. The molecule has 110 valence electrons. The smallest absolute Gasteiger partial charge is 0.241 e. The van der Waals surface area contributed by atoms with Gasteiger partial charge in [-0.3, -0.25) is 9.89 Å². The number of fused-ring (bicyclic) bond motifs is 2. The first-order valence-electron chi connectivity index (χ1n) is 7.34. The minimum atomic E-state index is -0.199. The van der Waals surface area contributed by atoms with Crippen LogP contribution < -0.4 is 10.6 Å². The monoisotopic (exact) mass is 292 g/mol. The molecule has 0 fully saturated rings. The van der Waals surface area contributed by atoms with Gasteiger partial charge in [0, 0.05) is 17.6 Å². The molecule has 3 aromatic rings. The van der Waals surface area contributed by atoms with Gasteiger partial charge in [0.05, 0.1) is 17.8 Å². The van der Waals surface area contributed by atoms with E-state index in [0.717, 1.165) is 29.6 Å². The van der Waals surface area contributed by atoms with Crippen LogP contribution in [0.4, 0.5) is 5.69 Å². The van der Waals surface area contributed by atoms with Crippen LogP contribution in [0, 0.1) is 0 Å². The summed E-state index contributed by atoms with van der Waals surface area (Å²) in [5.74, 6) is -0.00246. The molecule has 1 aromatic heterocycles. The third-order valence-corrected chi connectivity index (χ3v) is 4.11. The molecule has 0 radical (unpaired) electrons. The van der Waals surface area contributed by atoms with E-state index in [4.69, 9.17) is 0 Å². The summed E-state index contributed by atoms with van der Waals surface area (Å²) in [6, 6.07) is 13.8. The van der Waals surface area contributed by atoms with Crippen LogP contribution in [0.2, 0.25) is 0 Å². The number of benzene rings is 2. The van der Waals surface area contributed by atoms with Crippen LogP contribution in [0.25, 0.3) is 10.9 Å². The third-order valence-electron chi connectivity index (χ3n) is 4.11. The molecule has 1 aliphatic heterocycles. The maximum Gasteiger partial charge on any atom is 0.241 e. The topological polar surface area (TPSA) is 69.8 Å². The van der Waals surface area contributed by atoms with E-state index in [0.29, 0.717) is 0 Å². The lowest BCUT2D eigenvalue weighted by atomic mass is 9.95. The molecule has 0 saturated carbocycles. The zero-order valence-corrected chi connectivity index (χ0v) is 12.0. The number of H-pyrrole nitrogens is 1. The van der Waals surface area contributed by atoms with Gasteiger partial charge in [-0.05, 0) is 35.7 Å². The van der Waals surface area contributed by atoms with Gasteiger partial charge in [0.2, 0.25) is 5.91 Å². The van der Waals surface area contributed by atoms with E-state index in [2.05, 4.69) is 33.0 Å². The molecule has 3 N–H and O–H groups in total. The molecule has 4 rings (SSSR count). The number of nitrogens with zero attached hydrogens (tertiary/aromatic N) is 1. The second-order valence-corrected chi connectivity index (χ2v) is 5.57. The van der Waals surface area contributed by atoms with Crippen molar-refractivity contribution in [2.24, 2.45) is 0 Å². The second kappa shape index (κ2) is 5.27. The van der Waals surface area contributed by atoms with Crippen molar-refractivity contribution in [2.45, 2.75) is 19.0 Å². The van der Waals surface area contributed by atoms with Gasteiger partial charge in [-0.2, -0.15) is 5.10 Å². The molecule has 22 heavy (non-hydrogen) atoms. The first-order chi connectivity index (χ1) is 10.8. The third kappa shape index (κ3) is 2.35. The zero-order chi connectivity index (χ0) is 14.9. The summed E-state index contributed by atoms with van der Waals surface area (Å²) in [6.07, 6.45) is 2.47. The van der Waals surface area contributed by atoms with Crippen molar-refractivity contribution in [3.8, 4) is 0 Å². The molecular weight excluding hydrogens is 276 g/mol. The van der Waals surface area contributed by atoms with Crippen molar-refractivity contribution >= 4 is 22.5 Å². The van der Waals surface area contributed by atoms with Crippen molar-refractivity contribution in [3.63, 3.8) is 0 Å². The molecule has 0 aliphatic carbocycles. The van der Waals surface area contributed by atoms with Gasteiger partial charge in [0.15, 0.2) is 0 Å². The summed E-state index contributed by atoms with van der Waals surface area (Å²) in [6.45, 7) is 0.731. The van der Waals surface area contributed by atoms with E-state index in [1.807, 2.05) is 30.3 Å². The molecule has 2 heterocycles. The average Bonchev–Trinajstić information content (AvgIpc) is 3.02. The Labute approximate surface area is 127 Å². The zero-order valence-electron chi connectivity index (χ0n) is 12.0. The van der Waals surface area contributed by atoms with Crippen LogP contribution in [-0.4, -0.2) is 22.1 Å². The predicted octanol–water partition coefficient (Wildman–Crippen LogP) is 2.22. The lowest BCUT2D eigenvalue weighted by Gasteiger charge is -2.25. The van der Waals surface area contributed by atoms with Crippen LogP contribution in [0.3, 0.4) is 0 Å². The Balaban J connectivity index is 1.50. The number of hydrogen-bond acceptors (Lipinski definition) is 3. The number of anilines is 1. The number of nitrogens with one attached hydrogen (secondary N) is 3. The van der Waals surface area contributed by atoms with Gasteiger partial charge in [0.25, 0.3) is 0 Å². The quantitative estimate of drug-likeness (QED) is 0.678. The van der Waals surface area contributed by atoms with Crippen molar-refractivity contribution in [3.05, 3.63) is 59.8 Å². The average molecular weight is 292 g/mol. The van der Waals surface area contributed by atoms with Crippen molar-refractivity contribution in [1.82, 2.24) is 15.5 Å². The molecule has 5 nitrogen and oxygen atoms in total. The molecule has 0 bridgehead atoms. The number of carbonyl (C=O) groups excluding carboxylic acids is 1. The van der Waals surface area contributed by atoms with Gasteiger partial charge in [-0.1, -0.05) is 24.3 Å². The van der Waals surface area contributed by atoms with Gasteiger partial charge in [-0.15, -0.1) is 0 Å². The summed E-state index contributed by atoms with van der Waals surface area (Å²) in [5.41, 5.74) is 4.26. The molecule has 1 unspecified atom stereocenters. The Morgan fingerprint density at radius 3 is 2.95 bits per heavy atom. The highest BCUT2D eigenvalue weighted by Crippen LogP contribution is 2.19. The standard InChI is InChI=1S/C17H16N4O/c22-17(16-8-11-3-1-2-4-12(11)9-18-16)20-14-5-6-15-13(7-14)10-19-21-15/h1-7,10,16,18H,8-9H2,(H,19,21)(H,20,22). The summed E-state index contributed by atoms with van der Waals surface area (Å²) in [5, 5.41) is 14.1. The highest BCUT2D eigenvalue weighted by atomic mass is 16.2. The largest absolute Gasteiger partial charge is 0.325 e. The lowest BCUT2D eigenvalue weighted by molar-refractivity contribution is -0.118. The van der Waals surface area contributed by atoms with Gasteiger partial charge in [-0.25, -0.2) is 0 Å². The van der Waals surface area contributed by atoms with E-state index < -0.39 is 0 Å². The van der Waals surface area contributed by atoms with Crippen LogP contribution in [0.1, 0.15) is 11.1 Å². The predicted molar refractivity (Wildman–Crippen MR) is 85.5 cm³/mol. The van der Waals surface area contributed by atoms with E-state index in [1.165, 1.54) is 11.1 Å². The van der Waals surface area contributed by atoms with Crippen molar-refractivity contribution in [1.29, 1.82) is 0 Å². The maximum absolute atomic E-state index is 12.5. The van der Waals surface area contributed by atoms with Crippen LogP contribution in [-0.2, 0) is 17.8 Å². The minimum Gasteiger partial charge on any atom is -0.325 e. The van der Waals surface area contributed by atoms with E-state index in [9.17, 15) is 4.79 Å². The highest BCUT2D eigenvalue weighted by molar-refractivity contribution is 5.97. The normalized spacial score (nSPS) is 17.2. The molecule has 1 atom stereocenters. The maximum atomic E-state index is 12.5. The van der Waals surface area contributed by atoms with Gasteiger partial charge < -0.3 is 10.6 Å². The molecule has 0 spiro atoms. The fourth-order valence-electron chi connectivity index (χ4n) is 2.89. The highest BCUT2D eigenvalue weighted by Gasteiger charge is 2.23. The Hall–Kier alpha value is -2.66. The Kier molecular flexibility index (Phi) is 3.12. The number of aromatic amines is 1. The van der Waals surface area contributed by atoms with Crippen LogP contribution in [0.5, 0.6) is 0 Å². The minimum absolute atomic E-state index is 0.00246. The van der Waals surface area contributed by atoms with Crippen molar-refractivity contribution < 1.29 is 4.79 Å². The number of hydrogen-bond donors (Lipinski definition) is 3. The van der Waals surface area contributed by atoms with E-state index in [1.54, 1.807) is 6.20 Å². The summed E-state index contributed by atoms with van der Waals surface area (Å²) < 4.78 is 0. The molecule has 0 saturated heterocycles. The molecular formula is C17H16N4O. The first kappa shape index (κ1) is 13.0. The molecule has 5 heteroatoms. The van der Waals surface area contributed by atoms with Crippen molar-refractivity contribution in [2.75, 3.05) is 5.32 Å². The number of rotatable bonds is 2.